The van der Waals surface area contributed by atoms with Gasteiger partial charge in [-0.05, 0) is 45.5 Å². The van der Waals surface area contributed by atoms with Crippen LogP contribution in [0.25, 0.3) is 0 Å². The molecule has 0 saturated carbocycles. The number of hydrogen-bond acceptors (Lipinski definition) is 4. The van der Waals surface area contributed by atoms with Gasteiger partial charge in [0.05, 0.1) is 0 Å². The number of carbonyl (C=O) groups excluding carboxylic acids is 1. The van der Waals surface area contributed by atoms with E-state index in [-0.39, 0.29) is 12.1 Å². The van der Waals surface area contributed by atoms with E-state index in [4.69, 9.17) is 4.74 Å². The van der Waals surface area contributed by atoms with Gasteiger partial charge in [0.1, 0.15) is 11.0 Å². The van der Waals surface area contributed by atoms with Crippen molar-refractivity contribution in [3.05, 3.63) is 21.9 Å². The molecule has 1 saturated heterocycles. The fourth-order valence-electron chi connectivity index (χ4n) is 1.97. The molecule has 1 aromatic heterocycles. The SMILES string of the molecule is Cc1ccc(C(=O)OC2CCCN(C)C2)s1. The van der Waals surface area contributed by atoms with E-state index < -0.39 is 0 Å². The third kappa shape index (κ3) is 2.83. The summed E-state index contributed by atoms with van der Waals surface area (Å²) in [7, 11) is 2.06. The van der Waals surface area contributed by atoms with Crippen molar-refractivity contribution in [3.8, 4) is 0 Å². The molecule has 0 bridgehead atoms. The summed E-state index contributed by atoms with van der Waals surface area (Å²) >= 11 is 1.50. The lowest BCUT2D eigenvalue weighted by molar-refractivity contribution is 0.0114. The molecule has 1 aromatic rings. The van der Waals surface area contributed by atoms with Crippen LogP contribution >= 0.6 is 11.3 Å². The Bertz CT molecular complexity index is 375. The number of hydrogen-bond donors (Lipinski definition) is 0. The molecule has 0 aliphatic carbocycles. The number of thiophene rings is 1. The number of ether oxygens (including phenoxy) is 1. The van der Waals surface area contributed by atoms with E-state index in [1.807, 2.05) is 19.1 Å². The number of piperidine rings is 1. The highest BCUT2D eigenvalue weighted by Crippen LogP contribution is 2.19. The Labute approximate surface area is 100 Å². The number of nitrogens with zero attached hydrogens (tertiary/aromatic N) is 1. The molecule has 0 spiro atoms. The molecule has 1 aliphatic rings. The lowest BCUT2D eigenvalue weighted by atomic mass is 10.1. The maximum atomic E-state index is 11.8. The van der Waals surface area contributed by atoms with E-state index in [1.54, 1.807) is 0 Å². The second-order valence-electron chi connectivity index (χ2n) is 4.34. The van der Waals surface area contributed by atoms with Crippen molar-refractivity contribution in [2.24, 2.45) is 0 Å². The molecule has 2 heterocycles. The van der Waals surface area contributed by atoms with E-state index in [1.165, 1.54) is 11.3 Å². The molecule has 0 radical (unpaired) electrons. The second kappa shape index (κ2) is 4.97. The Morgan fingerprint density at radius 3 is 3.00 bits per heavy atom. The predicted molar refractivity (Wildman–Crippen MR) is 65.0 cm³/mol. The fraction of sp³-hybridized carbons (Fsp3) is 0.583. The zero-order valence-corrected chi connectivity index (χ0v) is 10.5. The van der Waals surface area contributed by atoms with Crippen LogP contribution in [0.3, 0.4) is 0 Å². The van der Waals surface area contributed by atoms with Crippen LogP contribution in [-0.4, -0.2) is 37.1 Å². The molecule has 0 aromatic carbocycles. The third-order valence-corrected chi connectivity index (χ3v) is 3.78. The molecule has 4 heteroatoms. The first-order chi connectivity index (χ1) is 7.65. The van der Waals surface area contributed by atoms with Gasteiger partial charge in [0, 0.05) is 11.4 Å². The molecule has 2 rings (SSSR count). The van der Waals surface area contributed by atoms with Gasteiger partial charge < -0.3 is 9.64 Å². The van der Waals surface area contributed by atoms with Crippen LogP contribution < -0.4 is 0 Å². The largest absolute Gasteiger partial charge is 0.457 e. The average Bonchev–Trinajstić information content (AvgIpc) is 2.65. The van der Waals surface area contributed by atoms with Gasteiger partial charge in [-0.3, -0.25) is 0 Å². The van der Waals surface area contributed by atoms with Gasteiger partial charge in [0.2, 0.25) is 0 Å². The van der Waals surface area contributed by atoms with Crippen LogP contribution in [0.2, 0.25) is 0 Å². The zero-order chi connectivity index (χ0) is 11.5. The quantitative estimate of drug-likeness (QED) is 0.742. The standard InChI is InChI=1S/C12H17NO2S/c1-9-5-6-11(16-9)12(14)15-10-4-3-7-13(2)8-10/h5-6,10H,3-4,7-8H2,1-2H3. The van der Waals surface area contributed by atoms with Crippen molar-refractivity contribution in [2.45, 2.75) is 25.9 Å². The average molecular weight is 239 g/mol. The number of likely N-dealkylation sites (tertiary alicyclic amines) is 1. The summed E-state index contributed by atoms with van der Waals surface area (Å²) in [5, 5.41) is 0. The van der Waals surface area contributed by atoms with Crippen molar-refractivity contribution in [3.63, 3.8) is 0 Å². The van der Waals surface area contributed by atoms with Crippen molar-refractivity contribution in [2.75, 3.05) is 20.1 Å². The minimum atomic E-state index is -0.168. The summed E-state index contributed by atoms with van der Waals surface area (Å²) in [5.74, 6) is -0.168. The first kappa shape index (κ1) is 11.6. The van der Waals surface area contributed by atoms with E-state index in [0.717, 1.165) is 30.8 Å². The lowest BCUT2D eigenvalue weighted by Crippen LogP contribution is -2.38. The highest BCUT2D eigenvalue weighted by molar-refractivity contribution is 7.13. The molecular formula is C12H17NO2S. The summed E-state index contributed by atoms with van der Waals surface area (Å²) in [6, 6.07) is 3.79. The third-order valence-electron chi connectivity index (χ3n) is 2.80. The number of carbonyl (C=O) groups is 1. The summed E-state index contributed by atoms with van der Waals surface area (Å²) in [5.41, 5.74) is 0. The van der Waals surface area contributed by atoms with Crippen molar-refractivity contribution < 1.29 is 9.53 Å². The maximum Gasteiger partial charge on any atom is 0.348 e. The van der Waals surface area contributed by atoms with Crippen molar-refractivity contribution in [1.82, 2.24) is 4.90 Å². The highest BCUT2D eigenvalue weighted by atomic mass is 32.1. The molecule has 0 amide bonds. The topological polar surface area (TPSA) is 29.5 Å². The van der Waals surface area contributed by atoms with Gasteiger partial charge in [-0.1, -0.05) is 0 Å². The fourth-order valence-corrected chi connectivity index (χ4v) is 2.72. The van der Waals surface area contributed by atoms with Crippen molar-refractivity contribution in [1.29, 1.82) is 0 Å². The molecular weight excluding hydrogens is 222 g/mol. The molecule has 3 nitrogen and oxygen atoms in total. The molecule has 16 heavy (non-hydrogen) atoms. The Morgan fingerprint density at radius 1 is 1.56 bits per heavy atom. The lowest BCUT2D eigenvalue weighted by Gasteiger charge is -2.29. The van der Waals surface area contributed by atoms with Gasteiger partial charge in [0.25, 0.3) is 0 Å². The van der Waals surface area contributed by atoms with Gasteiger partial charge in [-0.25, -0.2) is 4.79 Å². The predicted octanol–water partition coefficient (Wildman–Crippen LogP) is 2.31. The first-order valence-corrected chi connectivity index (χ1v) is 6.43. The molecule has 1 atom stereocenters. The molecule has 1 aliphatic heterocycles. The normalized spacial score (nSPS) is 22.0. The zero-order valence-electron chi connectivity index (χ0n) is 9.73. The Kier molecular flexibility index (Phi) is 3.61. The molecule has 88 valence electrons. The summed E-state index contributed by atoms with van der Waals surface area (Å²) in [4.78, 5) is 15.9. The van der Waals surface area contributed by atoms with Crippen LogP contribution in [0.1, 0.15) is 27.4 Å². The summed E-state index contributed by atoms with van der Waals surface area (Å²) < 4.78 is 5.49. The van der Waals surface area contributed by atoms with E-state index >= 15 is 0 Å². The highest BCUT2D eigenvalue weighted by Gasteiger charge is 2.21. The number of esters is 1. The van der Waals surface area contributed by atoms with Gasteiger partial charge in [0.15, 0.2) is 0 Å². The van der Waals surface area contributed by atoms with Gasteiger partial charge >= 0.3 is 5.97 Å². The Balaban J connectivity index is 1.92. The minimum absolute atomic E-state index is 0.0636. The summed E-state index contributed by atoms with van der Waals surface area (Å²) in [6.45, 7) is 3.96. The molecule has 0 N–H and O–H groups in total. The smallest absolute Gasteiger partial charge is 0.348 e. The number of rotatable bonds is 2. The minimum Gasteiger partial charge on any atom is -0.457 e. The summed E-state index contributed by atoms with van der Waals surface area (Å²) in [6.07, 6.45) is 2.16. The Morgan fingerprint density at radius 2 is 2.38 bits per heavy atom. The van der Waals surface area contributed by atoms with Crippen LogP contribution in [0, 0.1) is 6.92 Å². The van der Waals surface area contributed by atoms with Crippen LogP contribution in [-0.2, 0) is 4.74 Å². The van der Waals surface area contributed by atoms with Crippen molar-refractivity contribution >= 4 is 17.3 Å². The number of aryl methyl sites for hydroxylation is 1. The second-order valence-corrected chi connectivity index (χ2v) is 5.63. The van der Waals surface area contributed by atoms with Gasteiger partial charge in [-0.15, -0.1) is 11.3 Å². The maximum absolute atomic E-state index is 11.8. The monoisotopic (exact) mass is 239 g/mol. The van der Waals surface area contributed by atoms with Gasteiger partial charge in [-0.2, -0.15) is 0 Å². The van der Waals surface area contributed by atoms with E-state index in [2.05, 4.69) is 11.9 Å². The van der Waals surface area contributed by atoms with E-state index in [9.17, 15) is 4.79 Å². The molecule has 1 fully saturated rings. The first-order valence-electron chi connectivity index (χ1n) is 5.61. The van der Waals surface area contributed by atoms with Crippen LogP contribution in [0.15, 0.2) is 12.1 Å². The Hall–Kier alpha value is -0.870. The van der Waals surface area contributed by atoms with Crippen LogP contribution in [0.4, 0.5) is 0 Å². The van der Waals surface area contributed by atoms with E-state index in [0.29, 0.717) is 4.88 Å². The number of likely N-dealkylation sites (N-methyl/N-ethyl adjacent to an activating group) is 1. The van der Waals surface area contributed by atoms with Crippen LogP contribution in [0.5, 0.6) is 0 Å². The molecule has 1 unspecified atom stereocenters.